The van der Waals surface area contributed by atoms with E-state index in [2.05, 4.69) is 20.7 Å². The van der Waals surface area contributed by atoms with Crippen LogP contribution in [0.25, 0.3) is 21.7 Å². The number of aliphatic hydroxyl groups is 1. The largest absolute Gasteiger partial charge is 0.386 e. The molecule has 0 saturated heterocycles. The van der Waals surface area contributed by atoms with E-state index in [1.54, 1.807) is 43.2 Å². The highest BCUT2D eigenvalue weighted by Gasteiger charge is 2.17. The van der Waals surface area contributed by atoms with Crippen LogP contribution in [0, 0.1) is 0 Å². The van der Waals surface area contributed by atoms with Crippen LogP contribution >= 0.6 is 0 Å². The number of nitrogens with one attached hydrogen (secondary N) is 2. The number of hydrogen-bond acceptors (Lipinski definition) is 6. The Morgan fingerprint density at radius 1 is 1.03 bits per heavy atom. The van der Waals surface area contributed by atoms with Crippen molar-refractivity contribution in [2.45, 2.75) is 26.0 Å². The van der Waals surface area contributed by atoms with E-state index >= 15 is 0 Å². The minimum Gasteiger partial charge on any atom is -0.386 e. The molecule has 5 rings (SSSR count). The van der Waals surface area contributed by atoms with Crippen molar-refractivity contribution in [2.75, 3.05) is 10.6 Å². The Labute approximate surface area is 207 Å². The number of amides is 1. The van der Waals surface area contributed by atoms with E-state index in [9.17, 15) is 14.7 Å². The van der Waals surface area contributed by atoms with Gasteiger partial charge in [-0.1, -0.05) is 12.1 Å². The second-order valence-electron chi connectivity index (χ2n) is 9.25. The molecule has 182 valence electrons. The van der Waals surface area contributed by atoms with Gasteiger partial charge in [-0.05, 0) is 55.6 Å². The number of rotatable bonds is 6. The van der Waals surface area contributed by atoms with Crippen LogP contribution in [0.3, 0.4) is 0 Å². The molecule has 3 aromatic heterocycles. The van der Waals surface area contributed by atoms with Crippen LogP contribution in [0.5, 0.6) is 0 Å². The predicted molar refractivity (Wildman–Crippen MR) is 140 cm³/mol. The highest BCUT2D eigenvalue weighted by Crippen LogP contribution is 2.26. The van der Waals surface area contributed by atoms with Gasteiger partial charge in [0.1, 0.15) is 6.54 Å². The molecule has 0 aliphatic carbocycles. The van der Waals surface area contributed by atoms with Crippen molar-refractivity contribution < 1.29 is 9.90 Å². The third-order valence-corrected chi connectivity index (χ3v) is 6.07. The van der Waals surface area contributed by atoms with Gasteiger partial charge in [0.15, 0.2) is 0 Å². The van der Waals surface area contributed by atoms with Crippen molar-refractivity contribution in [1.82, 2.24) is 19.3 Å². The minimum atomic E-state index is -1.09. The first-order chi connectivity index (χ1) is 17.2. The van der Waals surface area contributed by atoms with Gasteiger partial charge in [-0.2, -0.15) is 5.10 Å². The summed E-state index contributed by atoms with van der Waals surface area (Å²) in [6.07, 6.45) is 6.45. The zero-order valence-corrected chi connectivity index (χ0v) is 20.2. The molecule has 1 amide bonds. The van der Waals surface area contributed by atoms with Crippen molar-refractivity contribution in [3.8, 4) is 0 Å². The first kappa shape index (κ1) is 23.3. The molecule has 2 aromatic carbocycles. The second-order valence-corrected chi connectivity index (χ2v) is 9.25. The van der Waals surface area contributed by atoms with Gasteiger partial charge in [0.2, 0.25) is 5.91 Å². The van der Waals surface area contributed by atoms with Gasteiger partial charge in [-0.25, -0.2) is 0 Å². The van der Waals surface area contributed by atoms with Gasteiger partial charge < -0.3 is 20.3 Å². The number of anilines is 3. The Morgan fingerprint density at radius 3 is 2.67 bits per heavy atom. The molecule has 3 heterocycles. The lowest BCUT2D eigenvalue weighted by molar-refractivity contribution is -0.116. The fourth-order valence-electron chi connectivity index (χ4n) is 4.15. The van der Waals surface area contributed by atoms with Gasteiger partial charge in [-0.15, -0.1) is 0 Å². The Balaban J connectivity index is 1.42. The highest BCUT2D eigenvalue weighted by molar-refractivity contribution is 5.96. The second kappa shape index (κ2) is 8.94. The fraction of sp³-hybridized carbons (Fsp3) is 0.185. The maximum absolute atomic E-state index is 13.4. The summed E-state index contributed by atoms with van der Waals surface area (Å²) in [4.78, 5) is 30.2. The summed E-state index contributed by atoms with van der Waals surface area (Å²) in [5, 5.41) is 22.8. The molecular weight excluding hydrogens is 456 g/mol. The van der Waals surface area contributed by atoms with Crippen molar-refractivity contribution in [3.05, 3.63) is 89.2 Å². The zero-order valence-electron chi connectivity index (χ0n) is 20.2. The van der Waals surface area contributed by atoms with Crippen molar-refractivity contribution in [3.63, 3.8) is 0 Å². The first-order valence-electron chi connectivity index (χ1n) is 11.5. The molecule has 0 atom stereocenters. The average molecular weight is 483 g/mol. The maximum Gasteiger partial charge on any atom is 0.261 e. The normalized spacial score (nSPS) is 11.7. The lowest BCUT2D eigenvalue weighted by Crippen LogP contribution is -2.27. The molecule has 0 unspecified atom stereocenters. The maximum atomic E-state index is 13.4. The van der Waals surface area contributed by atoms with E-state index in [1.807, 2.05) is 49.5 Å². The molecule has 0 radical (unpaired) electrons. The van der Waals surface area contributed by atoms with Gasteiger partial charge in [0.25, 0.3) is 5.56 Å². The number of nitrogens with zero attached hydrogens (tertiary/aromatic N) is 4. The number of aryl methyl sites for hydroxylation is 1. The van der Waals surface area contributed by atoms with Gasteiger partial charge in [0.05, 0.1) is 40.3 Å². The summed E-state index contributed by atoms with van der Waals surface area (Å²) < 4.78 is 3.18. The molecule has 36 heavy (non-hydrogen) atoms. The molecule has 3 N–H and O–H groups in total. The lowest BCUT2D eigenvalue weighted by atomic mass is 10.0. The van der Waals surface area contributed by atoms with Crippen molar-refractivity contribution >= 4 is 44.6 Å². The highest BCUT2D eigenvalue weighted by atomic mass is 16.3. The molecule has 0 fully saturated rings. The van der Waals surface area contributed by atoms with Crippen LogP contribution in [-0.4, -0.2) is 30.3 Å². The molecule has 0 aliphatic heterocycles. The van der Waals surface area contributed by atoms with Crippen LogP contribution in [0.15, 0.2) is 78.1 Å². The van der Waals surface area contributed by atoms with Crippen LogP contribution in [0.2, 0.25) is 0 Å². The topological polar surface area (TPSA) is 114 Å². The lowest BCUT2D eigenvalue weighted by Gasteiger charge is -2.18. The zero-order chi connectivity index (χ0) is 25.4. The number of aromatic nitrogens is 4. The van der Waals surface area contributed by atoms with Crippen molar-refractivity contribution in [1.29, 1.82) is 0 Å². The Bertz CT molecular complexity index is 1660. The van der Waals surface area contributed by atoms with E-state index < -0.39 is 5.60 Å². The number of benzene rings is 2. The van der Waals surface area contributed by atoms with Gasteiger partial charge in [-0.3, -0.25) is 19.3 Å². The van der Waals surface area contributed by atoms with E-state index in [0.717, 1.165) is 22.0 Å². The minimum absolute atomic E-state index is 0.169. The van der Waals surface area contributed by atoms with E-state index in [0.29, 0.717) is 22.3 Å². The molecule has 9 heteroatoms. The van der Waals surface area contributed by atoms with Gasteiger partial charge in [0, 0.05) is 36.1 Å². The summed E-state index contributed by atoms with van der Waals surface area (Å²) in [7, 11) is 1.89. The van der Waals surface area contributed by atoms with E-state index in [1.165, 1.54) is 10.8 Å². The van der Waals surface area contributed by atoms with Crippen molar-refractivity contribution in [2.24, 2.45) is 7.05 Å². The number of carbonyl (C=O) groups is 1. The molecule has 0 saturated carbocycles. The summed E-state index contributed by atoms with van der Waals surface area (Å²) >= 11 is 0. The van der Waals surface area contributed by atoms with Gasteiger partial charge >= 0.3 is 0 Å². The number of carbonyl (C=O) groups excluding carboxylic acids is 1. The average Bonchev–Trinajstić information content (AvgIpc) is 3.20. The number of pyridine rings is 2. The Kier molecular flexibility index (Phi) is 5.77. The third-order valence-electron chi connectivity index (χ3n) is 6.07. The molecule has 5 aromatic rings. The first-order valence-corrected chi connectivity index (χ1v) is 11.5. The van der Waals surface area contributed by atoms with E-state index in [-0.39, 0.29) is 18.0 Å². The monoisotopic (exact) mass is 482 g/mol. The van der Waals surface area contributed by atoms with Crippen LogP contribution < -0.4 is 16.2 Å². The molecular formula is C27H26N6O3. The summed E-state index contributed by atoms with van der Waals surface area (Å²) in [5.41, 5.74) is 2.14. The number of fused-ring (bicyclic) bond motifs is 2. The molecule has 0 aliphatic rings. The fourth-order valence-corrected chi connectivity index (χ4v) is 4.15. The SMILES string of the molecule is Cn1ncc2cc(Nc3cccc4ccn(CC(=O)Nc5cncc(C(C)(C)O)c5)c(=O)c34)ccc21. The van der Waals surface area contributed by atoms with Crippen LogP contribution in [-0.2, 0) is 24.0 Å². The smallest absolute Gasteiger partial charge is 0.261 e. The standard InChI is InChI=1S/C27H26N6O3/c1-27(2,36)19-12-21(15-28-14-19)31-24(34)16-33-10-9-17-5-4-6-22(25(17)26(33)35)30-20-7-8-23-18(11-20)13-29-32(23)3/h4-15,30,36H,16H2,1-3H3,(H,31,34). The Morgan fingerprint density at radius 2 is 1.86 bits per heavy atom. The van der Waals surface area contributed by atoms with E-state index in [4.69, 9.17) is 0 Å². The molecule has 0 spiro atoms. The summed E-state index contributed by atoms with van der Waals surface area (Å²) in [5.74, 6) is -0.376. The predicted octanol–water partition coefficient (Wildman–Crippen LogP) is 3.89. The molecule has 9 nitrogen and oxygen atoms in total. The molecule has 0 bridgehead atoms. The summed E-state index contributed by atoms with van der Waals surface area (Å²) in [6, 6.07) is 15.0. The summed E-state index contributed by atoms with van der Waals surface area (Å²) in [6.45, 7) is 3.12. The van der Waals surface area contributed by atoms with Crippen LogP contribution in [0.1, 0.15) is 19.4 Å². The number of hydrogen-bond donors (Lipinski definition) is 3. The quantitative estimate of drug-likeness (QED) is 0.338. The third kappa shape index (κ3) is 4.56. The Hall–Kier alpha value is -4.50. The van der Waals surface area contributed by atoms with Crippen LogP contribution in [0.4, 0.5) is 17.1 Å².